The van der Waals surface area contributed by atoms with Crippen LogP contribution in [0.2, 0.25) is 5.02 Å². The van der Waals surface area contributed by atoms with Gasteiger partial charge in [-0.05, 0) is 25.1 Å². The molecule has 1 N–H and O–H groups in total. The standard InChI is InChI=1S/C11H14ClNO2/c1-3-8-7(5-13-2)4-9(12)11-10(8)14-6-15-11/h4,13H,3,5-6H2,1-2H3. The first-order chi connectivity index (χ1) is 7.27. The summed E-state index contributed by atoms with van der Waals surface area (Å²) in [5, 5.41) is 3.75. The monoisotopic (exact) mass is 227 g/mol. The molecule has 1 aromatic carbocycles. The summed E-state index contributed by atoms with van der Waals surface area (Å²) in [6, 6.07) is 1.95. The van der Waals surface area contributed by atoms with Crippen LogP contribution in [0.3, 0.4) is 0 Å². The average molecular weight is 228 g/mol. The van der Waals surface area contributed by atoms with E-state index < -0.39 is 0 Å². The lowest BCUT2D eigenvalue weighted by molar-refractivity contribution is 0.173. The van der Waals surface area contributed by atoms with Gasteiger partial charge in [0.2, 0.25) is 6.79 Å². The van der Waals surface area contributed by atoms with Crippen LogP contribution in [0.4, 0.5) is 0 Å². The highest BCUT2D eigenvalue weighted by Gasteiger charge is 2.23. The fourth-order valence-electron chi connectivity index (χ4n) is 1.87. The van der Waals surface area contributed by atoms with Gasteiger partial charge in [-0.15, -0.1) is 0 Å². The zero-order valence-corrected chi connectivity index (χ0v) is 9.65. The molecule has 3 nitrogen and oxygen atoms in total. The molecule has 0 amide bonds. The van der Waals surface area contributed by atoms with E-state index in [1.165, 1.54) is 11.1 Å². The lowest BCUT2D eigenvalue weighted by Gasteiger charge is -2.11. The average Bonchev–Trinajstić information content (AvgIpc) is 2.68. The molecule has 0 radical (unpaired) electrons. The van der Waals surface area contributed by atoms with Crippen molar-refractivity contribution in [3.05, 3.63) is 22.2 Å². The summed E-state index contributed by atoms with van der Waals surface area (Å²) in [7, 11) is 1.91. The van der Waals surface area contributed by atoms with Gasteiger partial charge in [-0.3, -0.25) is 0 Å². The van der Waals surface area contributed by atoms with Gasteiger partial charge in [-0.25, -0.2) is 0 Å². The number of halogens is 1. The molecule has 15 heavy (non-hydrogen) atoms. The highest BCUT2D eigenvalue weighted by atomic mass is 35.5. The number of hydrogen-bond acceptors (Lipinski definition) is 3. The Kier molecular flexibility index (Phi) is 3.03. The lowest BCUT2D eigenvalue weighted by atomic mass is 10.0. The topological polar surface area (TPSA) is 30.5 Å². The second-order valence-corrected chi connectivity index (χ2v) is 3.85. The molecule has 0 saturated carbocycles. The second kappa shape index (κ2) is 4.29. The minimum absolute atomic E-state index is 0.269. The number of ether oxygens (including phenoxy) is 2. The van der Waals surface area contributed by atoms with Crippen LogP contribution >= 0.6 is 11.6 Å². The Morgan fingerprint density at radius 1 is 1.40 bits per heavy atom. The van der Waals surface area contributed by atoms with Gasteiger partial charge in [-0.1, -0.05) is 18.5 Å². The van der Waals surface area contributed by atoms with E-state index in [2.05, 4.69) is 12.2 Å². The van der Waals surface area contributed by atoms with Crippen LogP contribution in [0.25, 0.3) is 0 Å². The van der Waals surface area contributed by atoms with E-state index in [1.54, 1.807) is 0 Å². The molecule has 1 aliphatic rings. The van der Waals surface area contributed by atoms with Crippen LogP contribution in [-0.2, 0) is 13.0 Å². The highest BCUT2D eigenvalue weighted by molar-refractivity contribution is 6.32. The van der Waals surface area contributed by atoms with Crippen LogP contribution in [0.15, 0.2) is 6.07 Å². The Morgan fingerprint density at radius 3 is 2.80 bits per heavy atom. The fourth-order valence-corrected chi connectivity index (χ4v) is 2.14. The van der Waals surface area contributed by atoms with E-state index in [4.69, 9.17) is 21.1 Å². The maximum absolute atomic E-state index is 6.11. The largest absolute Gasteiger partial charge is 0.453 e. The summed E-state index contributed by atoms with van der Waals surface area (Å²) in [4.78, 5) is 0. The number of rotatable bonds is 3. The molecule has 0 fully saturated rings. The molecule has 2 rings (SSSR count). The molecule has 1 aromatic rings. The van der Waals surface area contributed by atoms with Gasteiger partial charge >= 0.3 is 0 Å². The predicted octanol–water partition coefficient (Wildman–Crippen LogP) is 2.35. The first kappa shape index (κ1) is 10.6. The Hall–Kier alpha value is -0.930. The molecule has 0 saturated heterocycles. The molecule has 0 bridgehead atoms. The smallest absolute Gasteiger partial charge is 0.231 e. The maximum Gasteiger partial charge on any atom is 0.231 e. The minimum atomic E-state index is 0.269. The highest BCUT2D eigenvalue weighted by Crippen LogP contribution is 2.43. The van der Waals surface area contributed by atoms with Crippen LogP contribution in [0.5, 0.6) is 11.5 Å². The van der Waals surface area contributed by atoms with Crippen molar-refractivity contribution in [2.75, 3.05) is 13.8 Å². The van der Waals surface area contributed by atoms with Gasteiger partial charge in [0, 0.05) is 12.1 Å². The summed E-state index contributed by atoms with van der Waals surface area (Å²) in [5.41, 5.74) is 2.36. The Bertz CT molecular complexity index is 379. The maximum atomic E-state index is 6.11. The van der Waals surface area contributed by atoms with E-state index in [-0.39, 0.29) is 6.79 Å². The van der Waals surface area contributed by atoms with Crippen molar-refractivity contribution in [3.8, 4) is 11.5 Å². The molecular formula is C11H14ClNO2. The van der Waals surface area contributed by atoms with E-state index in [0.29, 0.717) is 10.8 Å². The Labute approximate surface area is 94.3 Å². The zero-order valence-electron chi connectivity index (χ0n) is 8.89. The number of fused-ring (bicyclic) bond motifs is 1. The summed E-state index contributed by atoms with van der Waals surface area (Å²) in [5.74, 6) is 1.50. The van der Waals surface area contributed by atoms with E-state index >= 15 is 0 Å². The van der Waals surface area contributed by atoms with E-state index in [9.17, 15) is 0 Å². The van der Waals surface area contributed by atoms with Crippen molar-refractivity contribution in [3.63, 3.8) is 0 Å². The summed E-state index contributed by atoms with van der Waals surface area (Å²) < 4.78 is 10.8. The van der Waals surface area contributed by atoms with Gasteiger partial charge < -0.3 is 14.8 Å². The molecule has 82 valence electrons. The SMILES string of the molecule is CCc1c(CNC)cc(Cl)c2c1OCO2. The Balaban J connectivity index is 2.52. The first-order valence-corrected chi connectivity index (χ1v) is 5.40. The molecule has 1 heterocycles. The number of benzene rings is 1. The first-order valence-electron chi connectivity index (χ1n) is 5.02. The molecule has 0 unspecified atom stereocenters. The lowest BCUT2D eigenvalue weighted by Crippen LogP contribution is -2.08. The van der Waals surface area contributed by atoms with Gasteiger partial charge in [-0.2, -0.15) is 0 Å². The summed E-state index contributed by atoms with van der Waals surface area (Å²) in [6.45, 7) is 3.16. The van der Waals surface area contributed by atoms with E-state index in [0.717, 1.165) is 18.7 Å². The van der Waals surface area contributed by atoms with Crippen LogP contribution < -0.4 is 14.8 Å². The van der Waals surface area contributed by atoms with Crippen molar-refractivity contribution >= 4 is 11.6 Å². The minimum Gasteiger partial charge on any atom is -0.453 e. The summed E-state index contributed by atoms with van der Waals surface area (Å²) in [6.07, 6.45) is 0.917. The van der Waals surface area contributed by atoms with Crippen molar-refractivity contribution < 1.29 is 9.47 Å². The second-order valence-electron chi connectivity index (χ2n) is 3.44. The third-order valence-corrected chi connectivity index (χ3v) is 2.79. The van der Waals surface area contributed by atoms with E-state index in [1.807, 2.05) is 13.1 Å². The fraction of sp³-hybridized carbons (Fsp3) is 0.455. The predicted molar refractivity (Wildman–Crippen MR) is 59.7 cm³/mol. The quantitative estimate of drug-likeness (QED) is 0.860. The van der Waals surface area contributed by atoms with Gasteiger partial charge in [0.25, 0.3) is 0 Å². The molecule has 0 atom stereocenters. The van der Waals surface area contributed by atoms with Crippen molar-refractivity contribution in [1.29, 1.82) is 0 Å². The Morgan fingerprint density at radius 2 is 2.13 bits per heavy atom. The third-order valence-electron chi connectivity index (χ3n) is 2.51. The van der Waals surface area contributed by atoms with Crippen molar-refractivity contribution in [2.24, 2.45) is 0 Å². The third kappa shape index (κ3) is 1.77. The summed E-state index contributed by atoms with van der Waals surface area (Å²) >= 11 is 6.11. The van der Waals surface area contributed by atoms with Crippen molar-refractivity contribution in [1.82, 2.24) is 5.32 Å². The van der Waals surface area contributed by atoms with Gasteiger partial charge in [0.05, 0.1) is 5.02 Å². The normalized spacial score (nSPS) is 13.3. The van der Waals surface area contributed by atoms with Crippen LogP contribution in [0, 0.1) is 0 Å². The molecular weight excluding hydrogens is 214 g/mol. The molecule has 0 aromatic heterocycles. The van der Waals surface area contributed by atoms with Gasteiger partial charge in [0.15, 0.2) is 11.5 Å². The molecule has 4 heteroatoms. The molecule has 1 aliphatic heterocycles. The van der Waals surface area contributed by atoms with Crippen LogP contribution in [-0.4, -0.2) is 13.8 Å². The van der Waals surface area contributed by atoms with Crippen molar-refractivity contribution in [2.45, 2.75) is 19.9 Å². The van der Waals surface area contributed by atoms with Crippen LogP contribution in [0.1, 0.15) is 18.1 Å². The number of nitrogens with one attached hydrogen (secondary N) is 1. The molecule has 0 aliphatic carbocycles. The number of hydrogen-bond donors (Lipinski definition) is 1. The zero-order chi connectivity index (χ0) is 10.8. The van der Waals surface area contributed by atoms with Gasteiger partial charge in [0.1, 0.15) is 0 Å². The molecule has 0 spiro atoms.